The Labute approximate surface area is 127 Å². The minimum Gasteiger partial charge on any atom is -0.465 e. The van der Waals surface area contributed by atoms with Crippen molar-refractivity contribution in [3.05, 3.63) is 0 Å². The van der Waals surface area contributed by atoms with Crippen LogP contribution in [-0.2, 0) is 19.1 Å². The fourth-order valence-corrected chi connectivity index (χ4v) is 3.65. The third-order valence-corrected chi connectivity index (χ3v) is 4.61. The van der Waals surface area contributed by atoms with Crippen molar-refractivity contribution in [1.82, 2.24) is 0 Å². The second-order valence-corrected chi connectivity index (χ2v) is 7.49. The monoisotopic (exact) mass is 296 g/mol. The van der Waals surface area contributed by atoms with Gasteiger partial charge in [-0.2, -0.15) is 0 Å². The van der Waals surface area contributed by atoms with Gasteiger partial charge in [0.1, 0.15) is 5.60 Å². The Balaban J connectivity index is 1.84. The minimum atomic E-state index is -0.433. The summed E-state index contributed by atoms with van der Waals surface area (Å²) in [7, 11) is 0. The lowest BCUT2D eigenvalue weighted by Gasteiger charge is -2.28. The second kappa shape index (κ2) is 6.37. The molecule has 0 amide bonds. The van der Waals surface area contributed by atoms with Gasteiger partial charge >= 0.3 is 11.9 Å². The molecule has 21 heavy (non-hydrogen) atoms. The van der Waals surface area contributed by atoms with Crippen LogP contribution in [0.2, 0.25) is 0 Å². The normalized spacial score (nSPS) is 31.2. The van der Waals surface area contributed by atoms with Gasteiger partial charge in [-0.25, -0.2) is 0 Å². The van der Waals surface area contributed by atoms with E-state index in [1.54, 1.807) is 0 Å². The van der Waals surface area contributed by atoms with Crippen LogP contribution in [0, 0.1) is 23.7 Å². The molecule has 120 valence electrons. The van der Waals surface area contributed by atoms with Gasteiger partial charge in [-0.1, -0.05) is 13.3 Å². The molecule has 2 rings (SSSR count). The van der Waals surface area contributed by atoms with E-state index >= 15 is 0 Å². The van der Waals surface area contributed by atoms with Crippen molar-refractivity contribution < 1.29 is 19.1 Å². The Morgan fingerprint density at radius 1 is 1.00 bits per heavy atom. The van der Waals surface area contributed by atoms with Gasteiger partial charge in [0.05, 0.1) is 18.4 Å². The highest BCUT2D eigenvalue weighted by Gasteiger charge is 2.52. The predicted octanol–water partition coefficient (Wildman–Crippen LogP) is 3.33. The molecule has 4 unspecified atom stereocenters. The third kappa shape index (κ3) is 3.98. The highest BCUT2D eigenvalue weighted by atomic mass is 16.6. The molecule has 0 radical (unpaired) electrons. The summed E-state index contributed by atoms with van der Waals surface area (Å²) in [6, 6.07) is 0. The Bertz CT molecular complexity index is 396. The van der Waals surface area contributed by atoms with Crippen molar-refractivity contribution >= 4 is 11.9 Å². The van der Waals surface area contributed by atoms with Gasteiger partial charge in [0.15, 0.2) is 0 Å². The van der Waals surface area contributed by atoms with Gasteiger partial charge in [-0.15, -0.1) is 0 Å². The quantitative estimate of drug-likeness (QED) is 0.577. The number of carbonyl (C=O) groups is 2. The van der Waals surface area contributed by atoms with Crippen molar-refractivity contribution in [2.24, 2.45) is 23.7 Å². The molecule has 4 nitrogen and oxygen atoms in total. The topological polar surface area (TPSA) is 52.6 Å². The SMILES string of the molecule is CCCCOC(=O)C1CC2CC1CC2C(=O)OC(C)(C)C. The van der Waals surface area contributed by atoms with E-state index in [9.17, 15) is 9.59 Å². The van der Waals surface area contributed by atoms with Crippen LogP contribution >= 0.6 is 0 Å². The molecule has 0 aliphatic heterocycles. The smallest absolute Gasteiger partial charge is 0.309 e. The lowest BCUT2D eigenvalue weighted by atomic mass is 9.82. The molecule has 0 spiro atoms. The van der Waals surface area contributed by atoms with Gasteiger partial charge in [-0.3, -0.25) is 9.59 Å². The van der Waals surface area contributed by atoms with Crippen LogP contribution in [0.15, 0.2) is 0 Å². The number of hydrogen-bond donors (Lipinski definition) is 0. The number of unbranched alkanes of at least 4 members (excludes halogenated alkanes) is 1. The Kier molecular flexibility index (Phi) is 4.95. The number of ether oxygens (including phenoxy) is 2. The molecule has 2 aliphatic rings. The molecule has 2 aliphatic carbocycles. The lowest BCUT2D eigenvalue weighted by Crippen LogP contribution is -2.34. The highest BCUT2D eigenvalue weighted by molar-refractivity contribution is 5.77. The van der Waals surface area contributed by atoms with Crippen molar-refractivity contribution in [2.75, 3.05) is 6.61 Å². The zero-order valence-electron chi connectivity index (χ0n) is 13.7. The van der Waals surface area contributed by atoms with Gasteiger partial charge in [0.25, 0.3) is 0 Å². The summed E-state index contributed by atoms with van der Waals surface area (Å²) < 4.78 is 10.8. The van der Waals surface area contributed by atoms with Crippen LogP contribution in [0.25, 0.3) is 0 Å². The highest BCUT2D eigenvalue weighted by Crippen LogP contribution is 2.52. The molecule has 0 aromatic rings. The van der Waals surface area contributed by atoms with Crippen LogP contribution < -0.4 is 0 Å². The van der Waals surface area contributed by atoms with E-state index in [2.05, 4.69) is 6.92 Å². The van der Waals surface area contributed by atoms with Crippen LogP contribution in [-0.4, -0.2) is 24.1 Å². The van der Waals surface area contributed by atoms with Crippen LogP contribution in [0.1, 0.15) is 59.8 Å². The van der Waals surface area contributed by atoms with E-state index in [0.29, 0.717) is 18.4 Å². The van der Waals surface area contributed by atoms with Gasteiger partial charge < -0.3 is 9.47 Å². The second-order valence-electron chi connectivity index (χ2n) is 7.49. The molecule has 0 aromatic carbocycles. The maximum absolute atomic E-state index is 12.2. The summed E-state index contributed by atoms with van der Waals surface area (Å²) >= 11 is 0. The van der Waals surface area contributed by atoms with Gasteiger partial charge in [0, 0.05) is 0 Å². The lowest BCUT2D eigenvalue weighted by molar-refractivity contribution is -0.164. The first-order valence-corrected chi connectivity index (χ1v) is 8.21. The zero-order valence-corrected chi connectivity index (χ0v) is 13.7. The van der Waals surface area contributed by atoms with Crippen LogP contribution in [0.4, 0.5) is 0 Å². The molecule has 4 atom stereocenters. The Morgan fingerprint density at radius 2 is 1.57 bits per heavy atom. The maximum atomic E-state index is 12.2. The molecule has 0 N–H and O–H groups in total. The van der Waals surface area contributed by atoms with E-state index < -0.39 is 5.60 Å². The van der Waals surface area contributed by atoms with Crippen LogP contribution in [0.5, 0.6) is 0 Å². The maximum Gasteiger partial charge on any atom is 0.309 e. The zero-order chi connectivity index (χ0) is 15.6. The summed E-state index contributed by atoms with van der Waals surface area (Å²) in [5.41, 5.74) is -0.433. The third-order valence-electron chi connectivity index (χ3n) is 4.61. The summed E-state index contributed by atoms with van der Waals surface area (Å²) in [5.74, 6) is 0.445. The molecule has 0 saturated heterocycles. The Morgan fingerprint density at radius 3 is 2.05 bits per heavy atom. The average Bonchev–Trinajstić information content (AvgIpc) is 2.96. The number of rotatable bonds is 5. The minimum absolute atomic E-state index is 0.00513. The largest absolute Gasteiger partial charge is 0.465 e. The van der Waals surface area contributed by atoms with Crippen molar-refractivity contribution in [3.63, 3.8) is 0 Å². The van der Waals surface area contributed by atoms with E-state index in [0.717, 1.165) is 32.1 Å². The fourth-order valence-electron chi connectivity index (χ4n) is 3.65. The van der Waals surface area contributed by atoms with Crippen molar-refractivity contribution in [1.29, 1.82) is 0 Å². The summed E-state index contributed by atoms with van der Waals surface area (Å²) in [5, 5.41) is 0. The number of esters is 2. The number of hydrogen-bond acceptors (Lipinski definition) is 4. The van der Waals surface area contributed by atoms with Gasteiger partial charge in [0.2, 0.25) is 0 Å². The first-order valence-electron chi connectivity index (χ1n) is 8.21. The summed E-state index contributed by atoms with van der Waals surface area (Å²) in [6.45, 7) is 8.29. The van der Waals surface area contributed by atoms with E-state index in [1.165, 1.54) is 0 Å². The summed E-state index contributed by atoms with van der Waals surface area (Å²) in [4.78, 5) is 24.3. The molecular formula is C17H28O4. The van der Waals surface area contributed by atoms with Gasteiger partial charge in [-0.05, 0) is 58.3 Å². The first kappa shape index (κ1) is 16.3. The number of carbonyl (C=O) groups excluding carboxylic acids is 2. The Hall–Kier alpha value is -1.06. The van der Waals surface area contributed by atoms with Crippen molar-refractivity contribution in [2.45, 2.75) is 65.4 Å². The van der Waals surface area contributed by atoms with E-state index in [4.69, 9.17) is 9.47 Å². The molecule has 2 fully saturated rings. The molecule has 0 aromatic heterocycles. The van der Waals surface area contributed by atoms with E-state index in [1.807, 2.05) is 20.8 Å². The molecule has 2 saturated carbocycles. The molecule has 4 heteroatoms. The van der Waals surface area contributed by atoms with Crippen molar-refractivity contribution in [3.8, 4) is 0 Å². The van der Waals surface area contributed by atoms with E-state index in [-0.39, 0.29) is 23.8 Å². The fraction of sp³-hybridized carbons (Fsp3) is 0.882. The molecule has 2 bridgehead atoms. The van der Waals surface area contributed by atoms with Crippen LogP contribution in [0.3, 0.4) is 0 Å². The summed E-state index contributed by atoms with van der Waals surface area (Å²) in [6.07, 6.45) is 4.50. The standard InChI is InChI=1S/C17H28O4/c1-5-6-7-20-15(18)13-9-12-8-11(13)10-14(12)16(19)21-17(2,3)4/h11-14H,5-10H2,1-4H3. The average molecular weight is 296 g/mol. The molecule has 0 heterocycles. The predicted molar refractivity (Wildman–Crippen MR) is 79.5 cm³/mol. The number of fused-ring (bicyclic) bond motifs is 2. The first-order chi connectivity index (χ1) is 9.81. The molecular weight excluding hydrogens is 268 g/mol.